The highest BCUT2D eigenvalue weighted by Crippen LogP contribution is 2.12. The normalized spacial score (nSPS) is 13.4. The molecule has 1 N–H and O–H groups in total. The summed E-state index contributed by atoms with van der Waals surface area (Å²) in [5, 5.41) is 0. The Balaban J connectivity index is 2.72. The molecule has 0 saturated heterocycles. The van der Waals surface area contributed by atoms with Crippen LogP contribution >= 0.6 is 0 Å². The molecule has 0 heterocycles. The number of sulfonamides is 1. The summed E-state index contributed by atoms with van der Waals surface area (Å²) in [6, 6.07) is 9.23. The Kier molecular flexibility index (Phi) is 4.05. The third kappa shape index (κ3) is 3.85. The Morgan fingerprint density at radius 3 is 2.53 bits per heavy atom. The van der Waals surface area contributed by atoms with Crippen molar-refractivity contribution in [2.45, 2.75) is 13.0 Å². The summed E-state index contributed by atoms with van der Waals surface area (Å²) in [7, 11) is -3.25. The molecule has 0 bridgehead atoms. The van der Waals surface area contributed by atoms with Gasteiger partial charge in [0.1, 0.15) is 0 Å². The van der Waals surface area contributed by atoms with Crippen LogP contribution in [0.3, 0.4) is 0 Å². The molecule has 15 heavy (non-hydrogen) atoms. The van der Waals surface area contributed by atoms with Gasteiger partial charge in [-0.2, -0.15) is 0 Å². The van der Waals surface area contributed by atoms with Crippen LogP contribution in [0.5, 0.6) is 0 Å². The van der Waals surface area contributed by atoms with Gasteiger partial charge in [0.2, 0.25) is 10.0 Å². The van der Waals surface area contributed by atoms with Crippen molar-refractivity contribution in [3.05, 3.63) is 48.6 Å². The number of rotatable bonds is 5. The molecule has 0 fully saturated rings. The summed E-state index contributed by atoms with van der Waals surface area (Å²) < 4.78 is 25.4. The van der Waals surface area contributed by atoms with E-state index in [4.69, 9.17) is 0 Å². The average Bonchev–Trinajstić information content (AvgIpc) is 2.18. The van der Waals surface area contributed by atoms with Gasteiger partial charge in [-0.3, -0.25) is 0 Å². The predicted octanol–water partition coefficient (Wildman–Crippen LogP) is 1.85. The van der Waals surface area contributed by atoms with E-state index in [9.17, 15) is 8.42 Å². The van der Waals surface area contributed by atoms with Crippen molar-refractivity contribution >= 4 is 10.0 Å². The summed E-state index contributed by atoms with van der Waals surface area (Å²) in [5.74, 6) is -0.0514. The maximum atomic E-state index is 11.4. The highest BCUT2D eigenvalue weighted by molar-refractivity contribution is 7.89. The fourth-order valence-corrected chi connectivity index (χ4v) is 2.36. The van der Waals surface area contributed by atoms with Crippen molar-refractivity contribution < 1.29 is 8.42 Å². The molecule has 1 aromatic carbocycles. The van der Waals surface area contributed by atoms with E-state index in [0.717, 1.165) is 5.56 Å². The van der Waals surface area contributed by atoms with Crippen molar-refractivity contribution in [3.8, 4) is 0 Å². The maximum Gasteiger partial charge on any atom is 0.215 e. The highest BCUT2D eigenvalue weighted by atomic mass is 32.2. The standard InChI is InChI=1S/C11H15NO2S/c1-3-9-15(13,14)12-10(2)11-7-5-4-6-8-11/h3-8,10,12H,1,9H2,2H3/t10-/m1/s1. The minimum atomic E-state index is -3.25. The van der Waals surface area contributed by atoms with Crippen LogP contribution in [0.1, 0.15) is 18.5 Å². The number of hydrogen-bond donors (Lipinski definition) is 1. The first-order valence-corrected chi connectivity index (χ1v) is 6.36. The SMILES string of the molecule is C=CCS(=O)(=O)N[C@H](C)c1ccccc1. The molecule has 0 radical (unpaired) electrons. The third-order valence-electron chi connectivity index (χ3n) is 1.99. The zero-order valence-electron chi connectivity index (χ0n) is 8.68. The van der Waals surface area contributed by atoms with E-state index in [1.54, 1.807) is 0 Å². The van der Waals surface area contributed by atoms with E-state index in [0.29, 0.717) is 0 Å². The molecule has 4 heteroatoms. The van der Waals surface area contributed by atoms with Gasteiger partial charge in [0.05, 0.1) is 5.75 Å². The number of nitrogens with one attached hydrogen (secondary N) is 1. The Labute approximate surface area is 90.9 Å². The third-order valence-corrected chi connectivity index (χ3v) is 3.38. The second-order valence-corrected chi connectivity index (χ2v) is 5.12. The molecule has 0 aliphatic carbocycles. The van der Waals surface area contributed by atoms with Crippen molar-refractivity contribution in [1.29, 1.82) is 0 Å². The largest absolute Gasteiger partial charge is 0.215 e. The summed E-state index contributed by atoms with van der Waals surface area (Å²) in [6.45, 7) is 5.22. The first-order chi connectivity index (χ1) is 7.05. The van der Waals surface area contributed by atoms with E-state index in [2.05, 4.69) is 11.3 Å². The number of benzene rings is 1. The van der Waals surface area contributed by atoms with Crippen molar-refractivity contribution in [2.24, 2.45) is 0 Å². The summed E-state index contributed by atoms with van der Waals surface area (Å²) in [5.41, 5.74) is 0.949. The maximum absolute atomic E-state index is 11.4. The number of hydrogen-bond acceptors (Lipinski definition) is 2. The summed E-state index contributed by atoms with van der Waals surface area (Å²) in [4.78, 5) is 0. The van der Waals surface area contributed by atoms with Crippen LogP contribution in [0.4, 0.5) is 0 Å². The van der Waals surface area contributed by atoms with Gasteiger partial charge < -0.3 is 0 Å². The van der Waals surface area contributed by atoms with E-state index >= 15 is 0 Å². The fraction of sp³-hybridized carbons (Fsp3) is 0.273. The molecule has 0 aliphatic heterocycles. The Morgan fingerprint density at radius 2 is 2.00 bits per heavy atom. The van der Waals surface area contributed by atoms with E-state index < -0.39 is 10.0 Å². The lowest BCUT2D eigenvalue weighted by molar-refractivity contribution is 0.570. The van der Waals surface area contributed by atoms with Crippen LogP contribution in [-0.2, 0) is 10.0 Å². The molecule has 0 spiro atoms. The molecule has 3 nitrogen and oxygen atoms in total. The lowest BCUT2D eigenvalue weighted by atomic mass is 10.1. The molecule has 0 aliphatic rings. The Bertz CT molecular complexity index is 411. The van der Waals surface area contributed by atoms with Crippen molar-refractivity contribution in [1.82, 2.24) is 4.72 Å². The van der Waals surface area contributed by atoms with Crippen LogP contribution in [0, 0.1) is 0 Å². The van der Waals surface area contributed by atoms with Crippen LogP contribution in [0.25, 0.3) is 0 Å². The Morgan fingerprint density at radius 1 is 1.40 bits per heavy atom. The minimum Gasteiger partial charge on any atom is -0.212 e. The van der Waals surface area contributed by atoms with Crippen LogP contribution in [0.15, 0.2) is 43.0 Å². The van der Waals surface area contributed by atoms with Gasteiger partial charge >= 0.3 is 0 Å². The fourth-order valence-electron chi connectivity index (χ4n) is 1.28. The van der Waals surface area contributed by atoms with Crippen LogP contribution in [0.2, 0.25) is 0 Å². The van der Waals surface area contributed by atoms with E-state index in [1.807, 2.05) is 37.3 Å². The molecule has 0 unspecified atom stereocenters. The molecular weight excluding hydrogens is 210 g/mol. The van der Waals surface area contributed by atoms with E-state index in [-0.39, 0.29) is 11.8 Å². The monoisotopic (exact) mass is 225 g/mol. The molecule has 0 aromatic heterocycles. The smallest absolute Gasteiger partial charge is 0.212 e. The van der Waals surface area contributed by atoms with Gasteiger partial charge in [0.15, 0.2) is 0 Å². The zero-order valence-corrected chi connectivity index (χ0v) is 9.50. The van der Waals surface area contributed by atoms with E-state index in [1.165, 1.54) is 6.08 Å². The summed E-state index contributed by atoms with van der Waals surface area (Å²) >= 11 is 0. The van der Waals surface area contributed by atoms with Crippen LogP contribution < -0.4 is 4.72 Å². The predicted molar refractivity (Wildman–Crippen MR) is 62.0 cm³/mol. The first kappa shape index (κ1) is 11.9. The second kappa shape index (κ2) is 5.09. The second-order valence-electron chi connectivity index (χ2n) is 3.32. The lowest BCUT2D eigenvalue weighted by Crippen LogP contribution is -2.28. The Hall–Kier alpha value is -1.13. The quantitative estimate of drug-likeness (QED) is 0.777. The molecule has 0 amide bonds. The highest BCUT2D eigenvalue weighted by Gasteiger charge is 2.13. The lowest BCUT2D eigenvalue weighted by Gasteiger charge is -2.13. The van der Waals surface area contributed by atoms with Gasteiger partial charge in [-0.15, -0.1) is 6.58 Å². The zero-order chi connectivity index (χ0) is 11.3. The molecular formula is C11H15NO2S. The molecule has 0 saturated carbocycles. The molecule has 1 atom stereocenters. The first-order valence-electron chi connectivity index (χ1n) is 4.71. The molecule has 82 valence electrons. The van der Waals surface area contributed by atoms with Gasteiger partial charge in [0, 0.05) is 6.04 Å². The minimum absolute atomic E-state index is 0.0514. The van der Waals surface area contributed by atoms with Gasteiger partial charge in [-0.1, -0.05) is 36.4 Å². The van der Waals surface area contributed by atoms with Crippen molar-refractivity contribution in [3.63, 3.8) is 0 Å². The van der Waals surface area contributed by atoms with Gasteiger partial charge in [-0.25, -0.2) is 13.1 Å². The topological polar surface area (TPSA) is 46.2 Å². The molecule has 1 aromatic rings. The van der Waals surface area contributed by atoms with Crippen molar-refractivity contribution in [2.75, 3.05) is 5.75 Å². The average molecular weight is 225 g/mol. The summed E-state index contributed by atoms with van der Waals surface area (Å²) in [6.07, 6.45) is 1.38. The van der Waals surface area contributed by atoms with Crippen LogP contribution in [-0.4, -0.2) is 14.2 Å². The van der Waals surface area contributed by atoms with Gasteiger partial charge in [-0.05, 0) is 12.5 Å². The van der Waals surface area contributed by atoms with Gasteiger partial charge in [0.25, 0.3) is 0 Å². The molecule has 1 rings (SSSR count).